The van der Waals surface area contributed by atoms with E-state index in [1.165, 1.54) is 116 Å². The molecule has 0 fully saturated rings. The molecule has 0 N–H and O–H groups in total. The summed E-state index contributed by atoms with van der Waals surface area (Å²) < 4.78 is 13.0. The molecule has 4 heteroatoms. The van der Waals surface area contributed by atoms with Gasteiger partial charge in [-0.15, -0.1) is 23.2 Å². The molecule has 1 aromatic carbocycles. The summed E-state index contributed by atoms with van der Waals surface area (Å²) in [6, 6.07) is 8.42. The van der Waals surface area contributed by atoms with E-state index in [0.29, 0.717) is 0 Å². The molecule has 2 atom stereocenters. The lowest BCUT2D eigenvalue weighted by molar-refractivity contribution is 0.168. The van der Waals surface area contributed by atoms with E-state index in [4.69, 9.17) is 32.7 Å². The number of halogens is 2. The van der Waals surface area contributed by atoms with Crippen LogP contribution < -0.4 is 9.47 Å². The van der Waals surface area contributed by atoms with E-state index < -0.39 is 0 Å². The molecule has 0 saturated carbocycles. The van der Waals surface area contributed by atoms with E-state index >= 15 is 0 Å². The monoisotopic (exact) mass is 626 g/mol. The van der Waals surface area contributed by atoms with E-state index in [2.05, 4.69) is 38.1 Å². The molecular formula is C38H68Cl2O2. The molecule has 0 amide bonds. The number of hydrogen-bond donors (Lipinski definition) is 0. The van der Waals surface area contributed by atoms with Gasteiger partial charge in [0.2, 0.25) is 0 Å². The standard InChI is InChI=1S/C38H68Cl2O2/c1-3-5-7-9-11-13-15-17-19-25-35(27-21-23-33-39)41-37-29-31-38(32-30-37)42-36(28-22-24-34-40)26-20-18-16-14-12-10-8-6-4-2/h29-32,35-36H,3-28,33-34H2,1-2H3. The van der Waals surface area contributed by atoms with Crippen LogP contribution in [-0.2, 0) is 0 Å². The molecule has 0 spiro atoms. The second-order valence-corrected chi connectivity index (χ2v) is 13.3. The van der Waals surface area contributed by atoms with Gasteiger partial charge in [-0.2, -0.15) is 0 Å². The summed E-state index contributed by atoms with van der Waals surface area (Å²) in [6.45, 7) is 4.57. The van der Waals surface area contributed by atoms with Gasteiger partial charge in [0.1, 0.15) is 11.5 Å². The highest BCUT2D eigenvalue weighted by molar-refractivity contribution is 6.18. The summed E-state index contributed by atoms with van der Waals surface area (Å²) in [6.07, 6.45) is 33.9. The summed E-state index contributed by atoms with van der Waals surface area (Å²) >= 11 is 11.9. The van der Waals surface area contributed by atoms with Gasteiger partial charge < -0.3 is 9.47 Å². The van der Waals surface area contributed by atoms with Gasteiger partial charge in [-0.25, -0.2) is 0 Å². The van der Waals surface area contributed by atoms with Gasteiger partial charge in [0, 0.05) is 11.8 Å². The Morgan fingerprint density at radius 3 is 0.952 bits per heavy atom. The van der Waals surface area contributed by atoms with Crippen LogP contribution in [0.15, 0.2) is 24.3 Å². The Morgan fingerprint density at radius 1 is 0.405 bits per heavy atom. The maximum atomic E-state index is 6.49. The second kappa shape index (κ2) is 30.4. The highest BCUT2D eigenvalue weighted by Crippen LogP contribution is 2.25. The lowest BCUT2D eigenvalue weighted by Crippen LogP contribution is -2.17. The van der Waals surface area contributed by atoms with Crippen LogP contribution >= 0.6 is 23.2 Å². The highest BCUT2D eigenvalue weighted by atomic mass is 35.5. The van der Waals surface area contributed by atoms with Crippen molar-refractivity contribution >= 4 is 23.2 Å². The van der Waals surface area contributed by atoms with Crippen molar-refractivity contribution in [1.82, 2.24) is 0 Å². The zero-order valence-electron chi connectivity index (χ0n) is 27.8. The Labute approximate surface area is 272 Å². The molecule has 246 valence electrons. The minimum Gasteiger partial charge on any atom is -0.490 e. The third-order valence-corrected chi connectivity index (χ3v) is 9.04. The van der Waals surface area contributed by atoms with Gasteiger partial charge in [0.15, 0.2) is 0 Å². The van der Waals surface area contributed by atoms with Crippen molar-refractivity contribution in [3.63, 3.8) is 0 Å². The van der Waals surface area contributed by atoms with Crippen LogP contribution in [0.3, 0.4) is 0 Å². The summed E-state index contributed by atoms with van der Waals surface area (Å²) in [5.41, 5.74) is 0. The Hall–Kier alpha value is -0.600. The number of benzene rings is 1. The molecule has 0 saturated heterocycles. The molecule has 0 radical (unpaired) electrons. The molecule has 0 aliphatic carbocycles. The third kappa shape index (κ3) is 23.8. The van der Waals surface area contributed by atoms with E-state index in [0.717, 1.165) is 74.6 Å². The number of ether oxygens (including phenoxy) is 2. The Kier molecular flexibility index (Phi) is 28.6. The molecule has 0 aliphatic rings. The molecule has 0 heterocycles. The minimum absolute atomic E-state index is 0.277. The predicted octanol–water partition coefficient (Wildman–Crippen LogP) is 13.8. The van der Waals surface area contributed by atoms with E-state index in [-0.39, 0.29) is 12.2 Å². The number of unbranched alkanes of at least 4 members (excludes halogenated alkanes) is 18. The first-order valence-corrected chi connectivity index (χ1v) is 19.4. The van der Waals surface area contributed by atoms with E-state index in [9.17, 15) is 0 Å². The van der Waals surface area contributed by atoms with Crippen LogP contribution in [0.4, 0.5) is 0 Å². The smallest absolute Gasteiger partial charge is 0.119 e. The fourth-order valence-corrected chi connectivity index (χ4v) is 6.18. The summed E-state index contributed by atoms with van der Waals surface area (Å²) in [7, 11) is 0. The molecule has 42 heavy (non-hydrogen) atoms. The molecule has 2 nitrogen and oxygen atoms in total. The summed E-state index contributed by atoms with van der Waals surface area (Å²) in [5, 5.41) is 0. The van der Waals surface area contributed by atoms with Gasteiger partial charge in [-0.3, -0.25) is 0 Å². The topological polar surface area (TPSA) is 18.5 Å². The van der Waals surface area contributed by atoms with E-state index in [1.54, 1.807) is 0 Å². The number of rotatable bonds is 32. The average molecular weight is 628 g/mol. The fourth-order valence-electron chi connectivity index (χ4n) is 5.80. The predicted molar refractivity (Wildman–Crippen MR) is 188 cm³/mol. The van der Waals surface area contributed by atoms with Crippen molar-refractivity contribution < 1.29 is 9.47 Å². The van der Waals surface area contributed by atoms with Crippen LogP contribution in [0.5, 0.6) is 11.5 Å². The first kappa shape index (κ1) is 39.4. The lowest BCUT2D eigenvalue weighted by Gasteiger charge is -2.21. The van der Waals surface area contributed by atoms with Crippen molar-refractivity contribution in [3.05, 3.63) is 24.3 Å². The minimum atomic E-state index is 0.277. The Balaban J connectivity index is 2.45. The lowest BCUT2D eigenvalue weighted by atomic mass is 10.0. The summed E-state index contributed by atoms with van der Waals surface area (Å²) in [4.78, 5) is 0. The zero-order valence-corrected chi connectivity index (χ0v) is 29.3. The first-order valence-electron chi connectivity index (χ1n) is 18.3. The zero-order chi connectivity index (χ0) is 30.4. The van der Waals surface area contributed by atoms with Crippen LogP contribution in [0.1, 0.15) is 181 Å². The molecule has 0 aliphatic heterocycles. The van der Waals surface area contributed by atoms with Gasteiger partial charge in [0.05, 0.1) is 12.2 Å². The third-order valence-electron chi connectivity index (χ3n) is 8.51. The van der Waals surface area contributed by atoms with Crippen molar-refractivity contribution in [2.75, 3.05) is 11.8 Å². The van der Waals surface area contributed by atoms with Gasteiger partial charge >= 0.3 is 0 Å². The van der Waals surface area contributed by atoms with Gasteiger partial charge in [-0.1, -0.05) is 117 Å². The first-order chi connectivity index (χ1) is 20.7. The number of hydrogen-bond acceptors (Lipinski definition) is 2. The van der Waals surface area contributed by atoms with Crippen LogP contribution in [-0.4, -0.2) is 24.0 Å². The van der Waals surface area contributed by atoms with Crippen LogP contribution in [0, 0.1) is 0 Å². The highest BCUT2D eigenvalue weighted by Gasteiger charge is 2.13. The molecular weight excluding hydrogens is 559 g/mol. The maximum absolute atomic E-state index is 6.49. The molecule has 1 rings (SSSR count). The van der Waals surface area contributed by atoms with E-state index in [1.807, 2.05) is 0 Å². The fraction of sp³-hybridized carbons (Fsp3) is 0.842. The van der Waals surface area contributed by atoms with Crippen molar-refractivity contribution in [1.29, 1.82) is 0 Å². The van der Waals surface area contributed by atoms with Crippen molar-refractivity contribution in [2.45, 2.75) is 193 Å². The maximum Gasteiger partial charge on any atom is 0.119 e. The Bertz CT molecular complexity index is 609. The molecule has 2 unspecified atom stereocenters. The normalized spacial score (nSPS) is 12.9. The summed E-state index contributed by atoms with van der Waals surface area (Å²) in [5.74, 6) is 3.41. The van der Waals surface area contributed by atoms with Gasteiger partial charge in [-0.05, 0) is 88.5 Å². The number of alkyl halides is 2. The van der Waals surface area contributed by atoms with Crippen LogP contribution in [0.2, 0.25) is 0 Å². The molecule has 1 aromatic rings. The SMILES string of the molecule is CCCCCCCCCCCC(CCCCCl)Oc1ccc(OC(CCCCCl)CCCCCCCCCCC)cc1. The second-order valence-electron chi connectivity index (χ2n) is 12.6. The van der Waals surface area contributed by atoms with Crippen molar-refractivity contribution in [3.8, 4) is 11.5 Å². The molecule has 0 aromatic heterocycles. The Morgan fingerprint density at radius 2 is 0.667 bits per heavy atom. The quantitative estimate of drug-likeness (QED) is 0.0584. The molecule has 0 bridgehead atoms. The average Bonchev–Trinajstić information content (AvgIpc) is 3.00. The van der Waals surface area contributed by atoms with Crippen LogP contribution in [0.25, 0.3) is 0 Å². The van der Waals surface area contributed by atoms with Crippen molar-refractivity contribution in [2.24, 2.45) is 0 Å². The van der Waals surface area contributed by atoms with Gasteiger partial charge in [0.25, 0.3) is 0 Å². The largest absolute Gasteiger partial charge is 0.490 e.